The van der Waals surface area contributed by atoms with Crippen molar-refractivity contribution < 1.29 is 29.6 Å². The summed E-state index contributed by atoms with van der Waals surface area (Å²) < 4.78 is 5.50. The normalized spacial score (nSPS) is 23.9. The van der Waals surface area contributed by atoms with Crippen molar-refractivity contribution in [3.8, 4) is 5.75 Å². The molecule has 6 nitrogen and oxygen atoms in total. The molecule has 0 spiro atoms. The first-order valence-corrected chi connectivity index (χ1v) is 9.49. The number of aliphatic hydroxyl groups excluding tert-OH is 2. The molecule has 1 aromatic carbocycles. The lowest BCUT2D eigenvalue weighted by molar-refractivity contribution is -0.136. The van der Waals surface area contributed by atoms with Gasteiger partial charge >= 0.3 is 5.97 Å². The Balaban J connectivity index is 1.92. The van der Waals surface area contributed by atoms with E-state index in [-0.39, 0.29) is 37.1 Å². The van der Waals surface area contributed by atoms with E-state index in [1.54, 1.807) is 24.3 Å². The molecule has 2 rings (SSSR count). The van der Waals surface area contributed by atoms with Crippen molar-refractivity contribution in [1.29, 1.82) is 0 Å². The van der Waals surface area contributed by atoms with Crippen molar-refractivity contribution in [1.82, 2.24) is 0 Å². The molecule has 0 heterocycles. The zero-order valence-corrected chi connectivity index (χ0v) is 16.0. The molecule has 0 saturated heterocycles. The van der Waals surface area contributed by atoms with Gasteiger partial charge in [0.2, 0.25) is 0 Å². The van der Waals surface area contributed by atoms with E-state index >= 15 is 0 Å². The van der Waals surface area contributed by atoms with Crippen LogP contribution in [0.1, 0.15) is 32.6 Å². The lowest BCUT2D eigenvalue weighted by Gasteiger charge is -2.18. The second kappa shape index (κ2) is 10.8. The number of carboxylic acid groups (broad SMARTS) is 1. The summed E-state index contributed by atoms with van der Waals surface area (Å²) in [4.78, 5) is 22.9. The van der Waals surface area contributed by atoms with Crippen LogP contribution in [0.5, 0.6) is 5.75 Å². The third-order valence-corrected chi connectivity index (χ3v) is 4.85. The van der Waals surface area contributed by atoms with Crippen LogP contribution in [-0.4, -0.2) is 45.9 Å². The lowest BCUT2D eigenvalue weighted by Crippen LogP contribution is -2.21. The Morgan fingerprint density at radius 1 is 1.32 bits per heavy atom. The van der Waals surface area contributed by atoms with Crippen molar-refractivity contribution in [2.45, 2.75) is 44.8 Å². The minimum atomic E-state index is -0.857. The number of hydrogen-bond acceptors (Lipinski definition) is 5. The minimum absolute atomic E-state index is 0.0110. The van der Waals surface area contributed by atoms with Crippen molar-refractivity contribution in [3.63, 3.8) is 0 Å². The molecule has 0 bridgehead atoms. The van der Waals surface area contributed by atoms with E-state index in [1.807, 2.05) is 31.2 Å². The number of Topliss-reactive ketones (excluding diaryl/α,β-unsaturated/α-hetero) is 1. The molecular formula is C22H28O6. The fourth-order valence-corrected chi connectivity index (χ4v) is 3.37. The van der Waals surface area contributed by atoms with Gasteiger partial charge in [0, 0.05) is 24.7 Å². The Hall–Kier alpha value is -2.44. The van der Waals surface area contributed by atoms with Gasteiger partial charge in [0.05, 0.1) is 6.10 Å². The number of aliphatic hydroxyl groups is 2. The number of carboxylic acids is 1. The second-order valence-corrected chi connectivity index (χ2v) is 7.18. The van der Waals surface area contributed by atoms with Gasteiger partial charge in [-0.05, 0) is 31.9 Å². The van der Waals surface area contributed by atoms with Crippen LogP contribution in [-0.2, 0) is 9.59 Å². The van der Waals surface area contributed by atoms with Gasteiger partial charge in [-0.25, -0.2) is 0 Å². The lowest BCUT2D eigenvalue weighted by atomic mass is 9.87. The largest absolute Gasteiger partial charge is 0.491 e. The standard InChI is InChI=1S/C22H28O6/c1-15(6-5-9-22(26)27)12-19-18(20(24)13-21(19)25)11-10-16(23)14-28-17-7-3-2-4-8-17/h2-4,6-8,10-11,16,18-20,23-24H,5,9,12-14H2,1H3,(H,26,27)/b11-10+,15-6-/t16-,18?,19-,20-/m1/s1. The maximum atomic E-state index is 12.3. The number of ether oxygens (including phenoxy) is 1. The Morgan fingerprint density at radius 2 is 2.04 bits per heavy atom. The molecule has 3 N–H and O–H groups in total. The van der Waals surface area contributed by atoms with Crippen LogP contribution in [0.25, 0.3) is 0 Å². The maximum Gasteiger partial charge on any atom is 0.303 e. The van der Waals surface area contributed by atoms with Gasteiger partial charge in [-0.15, -0.1) is 0 Å². The zero-order chi connectivity index (χ0) is 20.5. The van der Waals surface area contributed by atoms with Crippen molar-refractivity contribution in [3.05, 3.63) is 54.1 Å². The first kappa shape index (κ1) is 21.9. The smallest absolute Gasteiger partial charge is 0.303 e. The highest BCUT2D eigenvalue weighted by Gasteiger charge is 2.39. The molecule has 0 aliphatic heterocycles. The monoisotopic (exact) mass is 388 g/mol. The summed E-state index contributed by atoms with van der Waals surface area (Å²) in [7, 11) is 0. The number of allylic oxidation sites excluding steroid dienone is 2. The van der Waals surface area contributed by atoms with Crippen LogP contribution in [0.4, 0.5) is 0 Å². The third kappa shape index (κ3) is 6.94. The van der Waals surface area contributed by atoms with E-state index in [0.717, 1.165) is 5.57 Å². The number of benzene rings is 1. The summed E-state index contributed by atoms with van der Waals surface area (Å²) >= 11 is 0. The molecule has 0 aromatic heterocycles. The highest BCUT2D eigenvalue weighted by molar-refractivity contribution is 5.85. The fourth-order valence-electron chi connectivity index (χ4n) is 3.37. The zero-order valence-electron chi connectivity index (χ0n) is 16.0. The molecule has 1 saturated carbocycles. The van der Waals surface area contributed by atoms with Gasteiger partial charge in [-0.3, -0.25) is 9.59 Å². The molecule has 152 valence electrons. The van der Waals surface area contributed by atoms with Crippen LogP contribution in [0.3, 0.4) is 0 Å². The molecule has 1 fully saturated rings. The average molecular weight is 388 g/mol. The molecule has 4 atom stereocenters. The van der Waals surface area contributed by atoms with Gasteiger partial charge in [0.25, 0.3) is 0 Å². The van der Waals surface area contributed by atoms with Gasteiger partial charge in [-0.1, -0.05) is 42.0 Å². The second-order valence-electron chi connectivity index (χ2n) is 7.18. The van der Waals surface area contributed by atoms with E-state index in [0.29, 0.717) is 18.6 Å². The van der Waals surface area contributed by atoms with Crippen LogP contribution in [0, 0.1) is 11.8 Å². The van der Waals surface area contributed by atoms with E-state index in [2.05, 4.69) is 0 Å². The third-order valence-electron chi connectivity index (χ3n) is 4.85. The highest BCUT2D eigenvalue weighted by Crippen LogP contribution is 2.35. The molecular weight excluding hydrogens is 360 g/mol. The Bertz CT molecular complexity index is 709. The number of carbonyl (C=O) groups is 2. The number of para-hydroxylation sites is 1. The van der Waals surface area contributed by atoms with Crippen LogP contribution < -0.4 is 4.74 Å². The number of ketones is 1. The molecule has 1 aliphatic carbocycles. The summed E-state index contributed by atoms with van der Waals surface area (Å²) in [6.45, 7) is 1.94. The molecule has 1 unspecified atom stereocenters. The number of aliphatic carboxylic acids is 1. The van der Waals surface area contributed by atoms with Gasteiger partial charge < -0.3 is 20.1 Å². The topological polar surface area (TPSA) is 104 Å². The minimum Gasteiger partial charge on any atom is -0.491 e. The molecule has 6 heteroatoms. The molecule has 1 aromatic rings. The van der Waals surface area contributed by atoms with E-state index in [4.69, 9.17) is 9.84 Å². The predicted octanol–water partition coefficient (Wildman–Crippen LogP) is 2.75. The van der Waals surface area contributed by atoms with Crippen LogP contribution in [0.15, 0.2) is 54.1 Å². The summed E-state index contributed by atoms with van der Waals surface area (Å²) in [5, 5.41) is 29.1. The summed E-state index contributed by atoms with van der Waals surface area (Å²) in [5.41, 5.74) is 0.931. The highest BCUT2D eigenvalue weighted by atomic mass is 16.5. The SMILES string of the molecule is C/C(=C/CCC(=O)O)C[C@H]1C(=O)C[C@@H](O)C1/C=C/[C@@H](O)COc1ccccc1. The molecule has 1 aliphatic rings. The van der Waals surface area contributed by atoms with Crippen molar-refractivity contribution in [2.75, 3.05) is 6.61 Å². The summed E-state index contributed by atoms with van der Waals surface area (Å²) in [6.07, 6.45) is 4.50. The quantitative estimate of drug-likeness (QED) is 0.533. The molecule has 28 heavy (non-hydrogen) atoms. The number of carbonyl (C=O) groups excluding carboxylic acids is 1. The first-order chi connectivity index (χ1) is 13.4. The van der Waals surface area contributed by atoms with E-state index in [1.165, 1.54) is 0 Å². The first-order valence-electron chi connectivity index (χ1n) is 9.49. The van der Waals surface area contributed by atoms with Gasteiger partial charge in [0.1, 0.15) is 24.2 Å². The Morgan fingerprint density at radius 3 is 2.71 bits per heavy atom. The average Bonchev–Trinajstić information content (AvgIpc) is 2.91. The maximum absolute atomic E-state index is 12.3. The number of hydrogen-bond donors (Lipinski definition) is 3. The van der Waals surface area contributed by atoms with Crippen molar-refractivity contribution >= 4 is 11.8 Å². The Labute approximate surface area is 165 Å². The molecule has 0 amide bonds. The fraction of sp³-hybridized carbons (Fsp3) is 0.455. The van der Waals surface area contributed by atoms with Gasteiger partial charge in [0.15, 0.2) is 0 Å². The molecule has 0 radical (unpaired) electrons. The van der Waals surface area contributed by atoms with Gasteiger partial charge in [-0.2, -0.15) is 0 Å². The van der Waals surface area contributed by atoms with E-state index in [9.17, 15) is 19.8 Å². The predicted molar refractivity (Wildman–Crippen MR) is 105 cm³/mol. The number of rotatable bonds is 10. The Kier molecular flexibility index (Phi) is 8.42. The van der Waals surface area contributed by atoms with E-state index < -0.39 is 18.2 Å². The summed E-state index contributed by atoms with van der Waals surface area (Å²) in [6, 6.07) is 9.15. The van der Waals surface area contributed by atoms with Crippen LogP contribution in [0.2, 0.25) is 0 Å². The summed E-state index contributed by atoms with van der Waals surface area (Å²) in [5.74, 6) is -0.950. The van der Waals surface area contributed by atoms with Crippen LogP contribution >= 0.6 is 0 Å². The van der Waals surface area contributed by atoms with Crippen molar-refractivity contribution in [2.24, 2.45) is 11.8 Å².